The number of dihydropyridines is 1. The molecule has 5 nitrogen and oxygen atoms in total. The highest BCUT2D eigenvalue weighted by molar-refractivity contribution is 14.1. The number of hydrogen-bond donors (Lipinski definition) is 1. The average Bonchev–Trinajstić information content (AvgIpc) is 2.68. The van der Waals surface area contributed by atoms with Gasteiger partial charge in [0.25, 0.3) is 0 Å². The van der Waals surface area contributed by atoms with Crippen LogP contribution in [0.3, 0.4) is 0 Å². The van der Waals surface area contributed by atoms with E-state index < -0.39 is 0 Å². The molecule has 0 atom stereocenters. The van der Waals surface area contributed by atoms with E-state index in [2.05, 4.69) is 27.9 Å². The number of allylic oxidation sites excluding steroid dienone is 4. The molecule has 1 aliphatic heterocycles. The molecule has 148 valence electrons. The SMILES string of the molecule is CCOc1c(I)cc(C2C3=C(CCCC3=O)NC3=C2C(=O)CCC3)cc1OC. The Kier molecular flexibility index (Phi) is 5.49. The first-order valence-corrected chi connectivity index (χ1v) is 10.9. The largest absolute Gasteiger partial charge is 0.493 e. The van der Waals surface area contributed by atoms with Gasteiger partial charge in [0.1, 0.15) is 0 Å². The normalized spacial score (nSPS) is 20.0. The van der Waals surface area contributed by atoms with Gasteiger partial charge in [-0.3, -0.25) is 9.59 Å². The molecule has 4 rings (SSSR count). The zero-order chi connectivity index (χ0) is 19.8. The van der Waals surface area contributed by atoms with Crippen molar-refractivity contribution in [1.29, 1.82) is 0 Å². The number of nitrogens with one attached hydrogen (secondary N) is 1. The maximum Gasteiger partial charge on any atom is 0.174 e. The summed E-state index contributed by atoms with van der Waals surface area (Å²) in [6.45, 7) is 2.48. The predicted molar refractivity (Wildman–Crippen MR) is 115 cm³/mol. The molecule has 0 saturated carbocycles. The molecule has 1 aromatic carbocycles. The van der Waals surface area contributed by atoms with Gasteiger partial charge in [-0.15, -0.1) is 0 Å². The number of benzene rings is 1. The van der Waals surface area contributed by atoms with Crippen LogP contribution in [0.2, 0.25) is 0 Å². The number of carbonyl (C=O) groups is 2. The van der Waals surface area contributed by atoms with Crippen LogP contribution in [0, 0.1) is 3.57 Å². The lowest BCUT2D eigenvalue weighted by Crippen LogP contribution is -2.36. The maximum atomic E-state index is 12.9. The van der Waals surface area contributed by atoms with Crippen molar-refractivity contribution in [2.75, 3.05) is 13.7 Å². The molecule has 0 unspecified atom stereocenters. The van der Waals surface area contributed by atoms with Crippen molar-refractivity contribution in [1.82, 2.24) is 5.32 Å². The van der Waals surface area contributed by atoms with Crippen molar-refractivity contribution in [2.24, 2.45) is 0 Å². The van der Waals surface area contributed by atoms with Crippen LogP contribution in [-0.2, 0) is 9.59 Å². The van der Waals surface area contributed by atoms with Crippen LogP contribution in [0.15, 0.2) is 34.7 Å². The fraction of sp³-hybridized carbons (Fsp3) is 0.455. The lowest BCUT2D eigenvalue weighted by atomic mass is 9.71. The Morgan fingerprint density at radius 2 is 1.64 bits per heavy atom. The molecule has 0 fully saturated rings. The van der Waals surface area contributed by atoms with Gasteiger partial charge in [-0.1, -0.05) is 0 Å². The Hall–Kier alpha value is -1.83. The van der Waals surface area contributed by atoms with Gasteiger partial charge < -0.3 is 14.8 Å². The molecule has 0 spiro atoms. The second-order valence-corrected chi connectivity index (χ2v) is 8.53. The van der Waals surface area contributed by atoms with Gasteiger partial charge in [0, 0.05) is 41.3 Å². The second kappa shape index (κ2) is 7.89. The van der Waals surface area contributed by atoms with E-state index in [0.29, 0.717) is 30.9 Å². The van der Waals surface area contributed by atoms with Gasteiger partial charge in [0.2, 0.25) is 0 Å². The van der Waals surface area contributed by atoms with Crippen molar-refractivity contribution in [3.63, 3.8) is 0 Å². The van der Waals surface area contributed by atoms with Crippen molar-refractivity contribution in [2.45, 2.75) is 51.4 Å². The lowest BCUT2D eigenvalue weighted by molar-refractivity contribution is -0.116. The third-order valence-corrected chi connectivity index (χ3v) is 6.47. The minimum absolute atomic E-state index is 0.145. The highest BCUT2D eigenvalue weighted by atomic mass is 127. The highest BCUT2D eigenvalue weighted by Crippen LogP contribution is 2.47. The van der Waals surface area contributed by atoms with Crippen LogP contribution in [0.4, 0.5) is 0 Å². The van der Waals surface area contributed by atoms with E-state index in [0.717, 1.165) is 57.4 Å². The van der Waals surface area contributed by atoms with Crippen molar-refractivity contribution in [3.8, 4) is 11.5 Å². The number of ketones is 2. The average molecular weight is 493 g/mol. The Balaban J connectivity index is 1.91. The molecule has 0 saturated heterocycles. The van der Waals surface area contributed by atoms with E-state index in [-0.39, 0.29) is 17.5 Å². The van der Waals surface area contributed by atoms with E-state index in [4.69, 9.17) is 9.47 Å². The fourth-order valence-electron chi connectivity index (χ4n) is 4.51. The summed E-state index contributed by atoms with van der Waals surface area (Å²) in [5.74, 6) is 1.32. The van der Waals surface area contributed by atoms with E-state index in [1.165, 1.54) is 0 Å². The number of rotatable bonds is 4. The Labute approximate surface area is 178 Å². The quantitative estimate of drug-likeness (QED) is 0.631. The third kappa shape index (κ3) is 3.25. The minimum Gasteiger partial charge on any atom is -0.493 e. The first-order chi connectivity index (χ1) is 13.5. The summed E-state index contributed by atoms with van der Waals surface area (Å²) in [7, 11) is 1.62. The summed E-state index contributed by atoms with van der Waals surface area (Å²) in [6.07, 6.45) is 4.51. The first kappa shape index (κ1) is 19.5. The molecule has 1 N–H and O–H groups in total. The van der Waals surface area contributed by atoms with Gasteiger partial charge in [-0.25, -0.2) is 0 Å². The third-order valence-electron chi connectivity index (χ3n) is 5.67. The summed E-state index contributed by atoms with van der Waals surface area (Å²) in [4.78, 5) is 25.8. The van der Waals surface area contributed by atoms with Crippen LogP contribution in [0.25, 0.3) is 0 Å². The Bertz CT molecular complexity index is 873. The Morgan fingerprint density at radius 3 is 2.18 bits per heavy atom. The van der Waals surface area contributed by atoms with Gasteiger partial charge in [-0.2, -0.15) is 0 Å². The van der Waals surface area contributed by atoms with Crippen molar-refractivity contribution >= 4 is 34.2 Å². The molecule has 6 heteroatoms. The van der Waals surface area contributed by atoms with Crippen LogP contribution in [-0.4, -0.2) is 25.3 Å². The number of methoxy groups -OCH3 is 1. The Morgan fingerprint density at radius 1 is 1.04 bits per heavy atom. The van der Waals surface area contributed by atoms with Gasteiger partial charge in [-0.05, 0) is 72.9 Å². The van der Waals surface area contributed by atoms with Crippen LogP contribution >= 0.6 is 22.6 Å². The molecule has 0 aromatic heterocycles. The van der Waals surface area contributed by atoms with Gasteiger partial charge in [0.15, 0.2) is 23.1 Å². The second-order valence-electron chi connectivity index (χ2n) is 7.36. The molecular weight excluding hydrogens is 469 g/mol. The summed E-state index contributed by atoms with van der Waals surface area (Å²) in [5.41, 5.74) is 4.45. The summed E-state index contributed by atoms with van der Waals surface area (Å²) in [6, 6.07) is 3.96. The molecule has 2 aliphatic carbocycles. The van der Waals surface area contributed by atoms with Crippen molar-refractivity contribution in [3.05, 3.63) is 43.8 Å². The number of Topliss-reactive ketones (excluding diaryl/α,β-unsaturated/α-hetero) is 2. The molecule has 1 heterocycles. The smallest absolute Gasteiger partial charge is 0.174 e. The van der Waals surface area contributed by atoms with Crippen LogP contribution in [0.5, 0.6) is 11.5 Å². The molecule has 0 amide bonds. The topological polar surface area (TPSA) is 64.6 Å². The lowest BCUT2D eigenvalue weighted by Gasteiger charge is -2.37. The fourth-order valence-corrected chi connectivity index (χ4v) is 5.29. The zero-order valence-electron chi connectivity index (χ0n) is 16.2. The monoisotopic (exact) mass is 493 g/mol. The van der Waals surface area contributed by atoms with E-state index >= 15 is 0 Å². The van der Waals surface area contributed by atoms with Crippen molar-refractivity contribution < 1.29 is 19.1 Å². The number of halogens is 1. The molecular formula is C22H24INO4. The summed E-state index contributed by atoms with van der Waals surface area (Å²) in [5, 5.41) is 3.45. The number of ether oxygens (including phenoxy) is 2. The molecule has 0 radical (unpaired) electrons. The highest BCUT2D eigenvalue weighted by Gasteiger charge is 2.40. The molecule has 1 aromatic rings. The standard InChI is InChI=1S/C22H24INO4/c1-3-28-22-13(23)10-12(11-18(22)27-2)19-20-14(6-4-8-16(20)25)24-15-7-5-9-17(26)21(15)19/h10-11,19,24H,3-9H2,1-2H3. The summed E-state index contributed by atoms with van der Waals surface area (Å²) >= 11 is 2.24. The first-order valence-electron chi connectivity index (χ1n) is 9.84. The number of carbonyl (C=O) groups excluding carboxylic acids is 2. The maximum absolute atomic E-state index is 12.9. The van der Waals surface area contributed by atoms with Crippen LogP contribution in [0.1, 0.15) is 56.9 Å². The van der Waals surface area contributed by atoms with Gasteiger partial charge in [0.05, 0.1) is 17.3 Å². The van der Waals surface area contributed by atoms with E-state index in [1.54, 1.807) is 7.11 Å². The molecule has 3 aliphatic rings. The van der Waals surface area contributed by atoms with E-state index in [9.17, 15) is 9.59 Å². The molecule has 28 heavy (non-hydrogen) atoms. The number of hydrogen-bond acceptors (Lipinski definition) is 5. The van der Waals surface area contributed by atoms with Gasteiger partial charge >= 0.3 is 0 Å². The zero-order valence-corrected chi connectivity index (χ0v) is 18.4. The van der Waals surface area contributed by atoms with Crippen LogP contribution < -0.4 is 14.8 Å². The minimum atomic E-state index is -0.315. The predicted octanol–water partition coefficient (Wildman–Crippen LogP) is 4.40. The van der Waals surface area contributed by atoms with E-state index in [1.807, 2.05) is 19.1 Å². The summed E-state index contributed by atoms with van der Waals surface area (Å²) < 4.78 is 12.3. The molecule has 0 bridgehead atoms.